The highest BCUT2D eigenvalue weighted by atomic mass is 16.6. The summed E-state index contributed by atoms with van der Waals surface area (Å²) in [5.41, 5.74) is 0.972. The number of carbonyl (C=O) groups excluding carboxylic acids is 1. The van der Waals surface area contributed by atoms with Crippen molar-refractivity contribution in [2.75, 3.05) is 33.0 Å². The van der Waals surface area contributed by atoms with Crippen LogP contribution in [0.1, 0.15) is 24.9 Å². The average Bonchev–Trinajstić information content (AvgIpc) is 2.75. The van der Waals surface area contributed by atoms with E-state index in [1.807, 2.05) is 25.1 Å². The van der Waals surface area contributed by atoms with Gasteiger partial charge in [-0.25, -0.2) is 0 Å². The molecular formula is C21H23NO6. The first-order valence-corrected chi connectivity index (χ1v) is 9.44. The van der Waals surface area contributed by atoms with Crippen LogP contribution in [0.2, 0.25) is 0 Å². The molecule has 0 saturated carbocycles. The third-order valence-electron chi connectivity index (χ3n) is 4.60. The lowest BCUT2D eigenvalue weighted by atomic mass is 10.0. The third-order valence-corrected chi connectivity index (χ3v) is 4.60. The summed E-state index contributed by atoms with van der Waals surface area (Å²) in [7, 11) is 0. The molecule has 7 heteroatoms. The molecule has 2 aliphatic heterocycles. The van der Waals surface area contributed by atoms with Crippen molar-refractivity contribution in [3.63, 3.8) is 0 Å². The number of fused-ring (bicyclic) bond motifs is 2. The van der Waals surface area contributed by atoms with Crippen LogP contribution in [0.15, 0.2) is 36.4 Å². The predicted molar refractivity (Wildman–Crippen MR) is 102 cm³/mol. The third kappa shape index (κ3) is 4.08. The largest absolute Gasteiger partial charge is 0.486 e. The highest BCUT2D eigenvalue weighted by Crippen LogP contribution is 2.34. The highest BCUT2D eigenvalue weighted by molar-refractivity contribution is 5.78. The maximum absolute atomic E-state index is 12.4. The molecule has 7 nitrogen and oxygen atoms in total. The number of hydrogen-bond acceptors (Lipinski definition) is 6. The first kappa shape index (κ1) is 18.3. The molecule has 1 N–H and O–H groups in total. The average molecular weight is 385 g/mol. The number of ether oxygens (including phenoxy) is 5. The van der Waals surface area contributed by atoms with Crippen LogP contribution in [0.4, 0.5) is 0 Å². The highest BCUT2D eigenvalue weighted by Gasteiger charge is 2.18. The van der Waals surface area contributed by atoms with E-state index in [1.165, 1.54) is 0 Å². The number of rotatable bonds is 6. The molecule has 0 spiro atoms. The summed E-state index contributed by atoms with van der Waals surface area (Å²) in [5, 5.41) is 3.01. The second kappa shape index (κ2) is 8.29. The summed E-state index contributed by atoms with van der Waals surface area (Å²) < 4.78 is 27.8. The normalized spacial score (nSPS) is 15.5. The summed E-state index contributed by atoms with van der Waals surface area (Å²) in [6.07, 6.45) is 0.745. The van der Waals surface area contributed by atoms with Crippen molar-refractivity contribution >= 4 is 5.91 Å². The number of hydrogen-bond donors (Lipinski definition) is 1. The van der Waals surface area contributed by atoms with E-state index < -0.39 is 0 Å². The fourth-order valence-corrected chi connectivity index (χ4v) is 3.20. The Morgan fingerprint density at radius 2 is 1.54 bits per heavy atom. The predicted octanol–water partition coefficient (Wildman–Crippen LogP) is 2.88. The van der Waals surface area contributed by atoms with Crippen LogP contribution in [-0.2, 0) is 4.79 Å². The molecule has 0 saturated heterocycles. The molecule has 1 unspecified atom stereocenters. The van der Waals surface area contributed by atoms with Crippen molar-refractivity contribution in [1.82, 2.24) is 5.32 Å². The zero-order chi connectivity index (χ0) is 19.3. The monoisotopic (exact) mass is 385 g/mol. The molecule has 4 rings (SSSR count). The molecule has 0 aromatic heterocycles. The Kier molecular flexibility index (Phi) is 5.41. The van der Waals surface area contributed by atoms with E-state index in [1.54, 1.807) is 18.2 Å². The van der Waals surface area contributed by atoms with E-state index in [4.69, 9.17) is 23.7 Å². The molecular weight excluding hydrogens is 362 g/mol. The molecule has 2 aromatic rings. The van der Waals surface area contributed by atoms with Gasteiger partial charge in [0, 0.05) is 6.07 Å². The minimum atomic E-state index is -0.198. The standard InChI is InChI=1S/C21H23NO6/c1-2-16(14-3-5-17-19(11-14)26-9-7-24-17)22-21(23)13-28-15-4-6-18-20(12-15)27-10-8-25-18/h3-6,11-12,16H,2,7-10,13H2,1H3,(H,22,23). The van der Waals surface area contributed by atoms with Gasteiger partial charge in [-0.05, 0) is 36.2 Å². The van der Waals surface area contributed by atoms with E-state index >= 15 is 0 Å². The lowest BCUT2D eigenvalue weighted by Gasteiger charge is -2.22. The molecule has 2 aromatic carbocycles. The molecule has 1 atom stereocenters. The van der Waals surface area contributed by atoms with Crippen molar-refractivity contribution < 1.29 is 28.5 Å². The van der Waals surface area contributed by atoms with Crippen LogP contribution >= 0.6 is 0 Å². The van der Waals surface area contributed by atoms with Gasteiger partial charge in [0.25, 0.3) is 5.91 Å². The Morgan fingerprint density at radius 1 is 0.929 bits per heavy atom. The molecule has 2 aliphatic rings. The van der Waals surface area contributed by atoms with Crippen LogP contribution in [0.25, 0.3) is 0 Å². The van der Waals surface area contributed by atoms with Gasteiger partial charge in [-0.2, -0.15) is 0 Å². The van der Waals surface area contributed by atoms with Crippen LogP contribution in [-0.4, -0.2) is 38.9 Å². The number of amides is 1. The van der Waals surface area contributed by atoms with Crippen molar-refractivity contribution in [3.8, 4) is 28.7 Å². The molecule has 148 valence electrons. The van der Waals surface area contributed by atoms with Gasteiger partial charge < -0.3 is 29.0 Å². The van der Waals surface area contributed by atoms with E-state index in [0.29, 0.717) is 49.4 Å². The van der Waals surface area contributed by atoms with Gasteiger partial charge in [0.05, 0.1) is 6.04 Å². The lowest BCUT2D eigenvalue weighted by Crippen LogP contribution is -2.32. The maximum atomic E-state index is 12.4. The minimum Gasteiger partial charge on any atom is -0.486 e. The molecule has 0 aliphatic carbocycles. The summed E-state index contributed by atoms with van der Waals surface area (Å²) >= 11 is 0. The van der Waals surface area contributed by atoms with Crippen molar-refractivity contribution in [1.29, 1.82) is 0 Å². The van der Waals surface area contributed by atoms with Gasteiger partial charge in [0.15, 0.2) is 29.6 Å². The Labute approximate surface area is 163 Å². The fourth-order valence-electron chi connectivity index (χ4n) is 3.20. The smallest absolute Gasteiger partial charge is 0.258 e. The second-order valence-corrected chi connectivity index (χ2v) is 6.53. The van der Waals surface area contributed by atoms with Crippen LogP contribution in [0, 0.1) is 0 Å². The minimum absolute atomic E-state index is 0.0826. The SMILES string of the molecule is CCC(NC(=O)COc1ccc2c(c1)OCCO2)c1ccc2c(c1)OCCO2. The van der Waals surface area contributed by atoms with Gasteiger partial charge >= 0.3 is 0 Å². The van der Waals surface area contributed by atoms with E-state index in [-0.39, 0.29) is 18.6 Å². The van der Waals surface area contributed by atoms with Gasteiger partial charge in [-0.15, -0.1) is 0 Å². The first-order valence-electron chi connectivity index (χ1n) is 9.44. The molecule has 1 amide bonds. The summed E-state index contributed by atoms with van der Waals surface area (Å²) in [6.45, 7) is 4.06. The van der Waals surface area contributed by atoms with Gasteiger partial charge in [0.1, 0.15) is 32.2 Å². The number of benzene rings is 2. The molecule has 0 radical (unpaired) electrons. The molecule has 0 bridgehead atoms. The van der Waals surface area contributed by atoms with Crippen LogP contribution in [0.5, 0.6) is 28.7 Å². The van der Waals surface area contributed by atoms with Crippen molar-refractivity contribution in [2.45, 2.75) is 19.4 Å². The number of nitrogens with one attached hydrogen (secondary N) is 1. The van der Waals surface area contributed by atoms with E-state index in [9.17, 15) is 4.79 Å². The summed E-state index contributed by atoms with van der Waals surface area (Å²) in [5.74, 6) is 3.13. The van der Waals surface area contributed by atoms with Crippen LogP contribution < -0.4 is 29.0 Å². The van der Waals surface area contributed by atoms with Crippen molar-refractivity contribution in [3.05, 3.63) is 42.0 Å². The zero-order valence-corrected chi connectivity index (χ0v) is 15.7. The van der Waals surface area contributed by atoms with Gasteiger partial charge in [-0.1, -0.05) is 13.0 Å². The first-order chi connectivity index (χ1) is 13.7. The van der Waals surface area contributed by atoms with Crippen molar-refractivity contribution in [2.24, 2.45) is 0 Å². The Morgan fingerprint density at radius 3 is 2.21 bits per heavy atom. The molecule has 0 fully saturated rings. The number of carbonyl (C=O) groups is 1. The second-order valence-electron chi connectivity index (χ2n) is 6.53. The quantitative estimate of drug-likeness (QED) is 0.824. The maximum Gasteiger partial charge on any atom is 0.258 e. The lowest BCUT2D eigenvalue weighted by molar-refractivity contribution is -0.123. The Balaban J connectivity index is 1.35. The van der Waals surface area contributed by atoms with E-state index in [2.05, 4.69) is 5.32 Å². The van der Waals surface area contributed by atoms with Gasteiger partial charge in [0.2, 0.25) is 0 Å². The Bertz CT molecular complexity index is 853. The van der Waals surface area contributed by atoms with E-state index in [0.717, 1.165) is 17.7 Å². The molecule has 2 heterocycles. The summed E-state index contributed by atoms with van der Waals surface area (Å²) in [4.78, 5) is 12.4. The topological polar surface area (TPSA) is 75.3 Å². The zero-order valence-electron chi connectivity index (χ0n) is 15.7. The Hall–Kier alpha value is -3.09. The van der Waals surface area contributed by atoms with Gasteiger partial charge in [-0.3, -0.25) is 4.79 Å². The fraction of sp³-hybridized carbons (Fsp3) is 0.381. The molecule has 28 heavy (non-hydrogen) atoms. The van der Waals surface area contributed by atoms with Crippen LogP contribution in [0.3, 0.4) is 0 Å². The summed E-state index contributed by atoms with van der Waals surface area (Å²) in [6, 6.07) is 10.9.